The smallest absolute Gasteiger partial charge is 0.322 e. The van der Waals surface area contributed by atoms with Gasteiger partial charge in [-0.2, -0.15) is 0 Å². The number of carbonyl (C=O) groups excluding carboxylic acids is 2. The minimum absolute atomic E-state index is 0.144. The maximum Gasteiger partial charge on any atom is 0.322 e. The molecular weight excluding hydrogens is 294 g/mol. The number of urea groups is 1. The van der Waals surface area contributed by atoms with Crippen LogP contribution < -0.4 is 20.1 Å². The van der Waals surface area contributed by atoms with Crippen LogP contribution in [0.15, 0.2) is 24.3 Å². The fourth-order valence-corrected chi connectivity index (χ4v) is 2.23. The van der Waals surface area contributed by atoms with Gasteiger partial charge in [0.2, 0.25) is 6.79 Å². The zero-order valence-corrected chi connectivity index (χ0v) is 11.1. The van der Waals surface area contributed by atoms with Gasteiger partial charge >= 0.3 is 18.0 Å². The Labute approximate surface area is 124 Å². The first-order chi connectivity index (χ1) is 10.5. The topological polar surface area (TPSA) is 120 Å². The maximum absolute atomic E-state index is 11.5. The van der Waals surface area contributed by atoms with Gasteiger partial charge in [0.05, 0.1) is 0 Å². The van der Waals surface area contributed by atoms with E-state index in [9.17, 15) is 19.7 Å². The Morgan fingerprint density at radius 1 is 1.27 bits per heavy atom. The van der Waals surface area contributed by atoms with Crippen LogP contribution in [-0.2, 0) is 4.79 Å². The molecule has 0 bridgehead atoms. The molecule has 2 unspecified atom stereocenters. The highest BCUT2D eigenvalue weighted by molar-refractivity contribution is 6.00. The average molecular weight is 305 g/mol. The summed E-state index contributed by atoms with van der Waals surface area (Å²) in [6.07, 6.45) is 2.98. The van der Waals surface area contributed by atoms with Gasteiger partial charge in [0.25, 0.3) is 0 Å². The van der Waals surface area contributed by atoms with E-state index in [1.165, 1.54) is 6.08 Å². The first kappa shape index (κ1) is 13.9. The van der Waals surface area contributed by atoms with Crippen molar-refractivity contribution in [3.63, 3.8) is 0 Å². The number of nitro groups is 1. The summed E-state index contributed by atoms with van der Waals surface area (Å²) in [6, 6.07) is 1.79. The highest BCUT2D eigenvalue weighted by Crippen LogP contribution is 2.32. The number of nitrogens with zero attached hydrogens (tertiary/aromatic N) is 1. The van der Waals surface area contributed by atoms with Gasteiger partial charge in [0.1, 0.15) is 6.04 Å². The van der Waals surface area contributed by atoms with E-state index in [4.69, 9.17) is 9.47 Å². The van der Waals surface area contributed by atoms with E-state index in [-0.39, 0.29) is 6.79 Å². The molecule has 9 heteroatoms. The highest BCUT2D eigenvalue weighted by atomic mass is 16.7. The van der Waals surface area contributed by atoms with Crippen LogP contribution in [0.1, 0.15) is 5.56 Å². The third kappa shape index (κ3) is 2.55. The van der Waals surface area contributed by atoms with Crippen LogP contribution in [0.4, 0.5) is 4.79 Å². The lowest BCUT2D eigenvalue weighted by atomic mass is 10.0. The van der Waals surface area contributed by atoms with Gasteiger partial charge in [-0.25, -0.2) is 4.79 Å². The van der Waals surface area contributed by atoms with Gasteiger partial charge < -0.3 is 14.8 Å². The van der Waals surface area contributed by atoms with E-state index >= 15 is 0 Å². The Hall–Kier alpha value is -3.10. The van der Waals surface area contributed by atoms with Crippen LogP contribution in [0.25, 0.3) is 6.08 Å². The quantitative estimate of drug-likeness (QED) is 0.611. The van der Waals surface area contributed by atoms with Crippen molar-refractivity contribution in [3.05, 3.63) is 40.0 Å². The lowest BCUT2D eigenvalue weighted by Gasteiger charge is -2.23. The second-order valence-corrected chi connectivity index (χ2v) is 4.69. The Balaban J connectivity index is 1.81. The number of amides is 3. The lowest BCUT2D eigenvalue weighted by Crippen LogP contribution is -2.62. The van der Waals surface area contributed by atoms with Gasteiger partial charge in [-0.05, 0) is 17.7 Å². The summed E-state index contributed by atoms with van der Waals surface area (Å²) in [4.78, 5) is 33.1. The molecule has 2 aliphatic rings. The van der Waals surface area contributed by atoms with E-state index in [2.05, 4.69) is 5.32 Å². The van der Waals surface area contributed by atoms with Crippen molar-refractivity contribution in [3.8, 4) is 11.5 Å². The second-order valence-electron chi connectivity index (χ2n) is 4.69. The predicted molar refractivity (Wildman–Crippen MR) is 72.8 cm³/mol. The molecule has 2 N–H and O–H groups in total. The van der Waals surface area contributed by atoms with Gasteiger partial charge in [0.15, 0.2) is 11.5 Å². The molecule has 1 aromatic carbocycles. The van der Waals surface area contributed by atoms with E-state index in [0.717, 1.165) is 0 Å². The Kier molecular flexibility index (Phi) is 3.37. The number of nitrogens with one attached hydrogen (secondary N) is 2. The minimum Gasteiger partial charge on any atom is -0.454 e. The monoisotopic (exact) mass is 305 g/mol. The summed E-state index contributed by atoms with van der Waals surface area (Å²) < 4.78 is 10.4. The standard InChI is InChI=1S/C13H11N3O6/c17-12-11(16(19)20)8(14-13(18)15-12)3-1-7-2-4-9-10(5-7)22-6-21-9/h1-5,8,11H,6H2,(H2,14,15,17,18)/b3-1+. The minimum atomic E-state index is -1.57. The van der Waals surface area contributed by atoms with Gasteiger partial charge in [0, 0.05) is 4.92 Å². The van der Waals surface area contributed by atoms with Gasteiger partial charge in [-0.15, -0.1) is 0 Å². The maximum atomic E-state index is 11.5. The second kappa shape index (κ2) is 5.35. The molecule has 0 spiro atoms. The van der Waals surface area contributed by atoms with Gasteiger partial charge in [-0.1, -0.05) is 18.2 Å². The number of hydrogen-bond donors (Lipinski definition) is 2. The van der Waals surface area contributed by atoms with Crippen molar-refractivity contribution < 1.29 is 24.0 Å². The molecule has 9 nitrogen and oxygen atoms in total. The zero-order chi connectivity index (χ0) is 15.7. The van der Waals surface area contributed by atoms with Crippen LogP contribution in [0.3, 0.4) is 0 Å². The molecule has 1 saturated heterocycles. The summed E-state index contributed by atoms with van der Waals surface area (Å²) in [5, 5.41) is 15.2. The number of ether oxygens (including phenoxy) is 2. The normalized spacial score (nSPS) is 23.3. The number of imide groups is 1. The Morgan fingerprint density at radius 3 is 2.82 bits per heavy atom. The Bertz CT molecular complexity index is 686. The number of rotatable bonds is 3. The van der Waals surface area contributed by atoms with Crippen LogP contribution in [0.2, 0.25) is 0 Å². The molecule has 1 aromatic rings. The number of benzene rings is 1. The van der Waals surface area contributed by atoms with Crippen molar-refractivity contribution in [2.75, 3.05) is 6.79 Å². The first-order valence-electron chi connectivity index (χ1n) is 6.37. The molecule has 114 valence electrons. The van der Waals surface area contributed by atoms with Crippen molar-refractivity contribution >= 4 is 18.0 Å². The molecule has 22 heavy (non-hydrogen) atoms. The van der Waals surface area contributed by atoms with Crippen molar-refractivity contribution in [2.24, 2.45) is 0 Å². The lowest BCUT2D eigenvalue weighted by molar-refractivity contribution is -0.510. The molecule has 0 aliphatic carbocycles. The molecule has 0 radical (unpaired) electrons. The van der Waals surface area contributed by atoms with Crippen LogP contribution in [-0.4, -0.2) is 35.7 Å². The number of hydrogen-bond acceptors (Lipinski definition) is 6. The summed E-state index contributed by atoms with van der Waals surface area (Å²) in [5.74, 6) is 0.248. The molecule has 1 fully saturated rings. The molecule has 3 amide bonds. The molecular formula is C13H11N3O6. The van der Waals surface area contributed by atoms with Crippen molar-refractivity contribution in [1.82, 2.24) is 10.6 Å². The van der Waals surface area contributed by atoms with Crippen LogP contribution in [0, 0.1) is 10.1 Å². The summed E-state index contributed by atoms with van der Waals surface area (Å²) in [7, 11) is 0. The van der Waals surface area contributed by atoms with E-state index in [1.54, 1.807) is 24.3 Å². The fraction of sp³-hybridized carbons (Fsp3) is 0.231. The summed E-state index contributed by atoms with van der Waals surface area (Å²) >= 11 is 0. The van der Waals surface area contributed by atoms with E-state index in [1.807, 2.05) is 5.32 Å². The van der Waals surface area contributed by atoms with Crippen LogP contribution in [0.5, 0.6) is 11.5 Å². The summed E-state index contributed by atoms with van der Waals surface area (Å²) in [5.41, 5.74) is 0.701. The van der Waals surface area contributed by atoms with Crippen molar-refractivity contribution in [2.45, 2.75) is 12.1 Å². The summed E-state index contributed by atoms with van der Waals surface area (Å²) in [6.45, 7) is 0.144. The zero-order valence-electron chi connectivity index (χ0n) is 11.1. The predicted octanol–water partition coefficient (Wildman–Crippen LogP) is 0.282. The van der Waals surface area contributed by atoms with Crippen LogP contribution >= 0.6 is 0 Å². The largest absolute Gasteiger partial charge is 0.454 e. The third-order valence-corrected chi connectivity index (χ3v) is 3.26. The molecule has 2 heterocycles. The molecule has 0 aromatic heterocycles. The highest BCUT2D eigenvalue weighted by Gasteiger charge is 2.43. The molecule has 3 rings (SSSR count). The molecule has 2 aliphatic heterocycles. The fourth-order valence-electron chi connectivity index (χ4n) is 2.23. The van der Waals surface area contributed by atoms with E-state index < -0.39 is 28.9 Å². The third-order valence-electron chi connectivity index (χ3n) is 3.26. The first-order valence-corrected chi connectivity index (χ1v) is 6.37. The number of carbonyl (C=O) groups is 2. The van der Waals surface area contributed by atoms with Gasteiger partial charge in [-0.3, -0.25) is 20.2 Å². The SMILES string of the molecule is O=C1NC(=O)C([N+](=O)[O-])C(/C=C/c2ccc3c(c2)OCO3)N1. The number of fused-ring (bicyclic) bond motifs is 1. The molecule has 0 saturated carbocycles. The average Bonchev–Trinajstić information content (AvgIpc) is 2.91. The molecule has 2 atom stereocenters. The van der Waals surface area contributed by atoms with E-state index in [0.29, 0.717) is 17.1 Å². The Morgan fingerprint density at radius 2 is 2.05 bits per heavy atom. The van der Waals surface area contributed by atoms with Crippen molar-refractivity contribution in [1.29, 1.82) is 0 Å².